The third-order valence-electron chi connectivity index (χ3n) is 4.15. The van der Waals surface area contributed by atoms with Crippen molar-refractivity contribution in [1.29, 1.82) is 0 Å². The SMILES string of the molecule is Cc1ccc(N(Cc2cccc(F)c2)S(=O)(=O)c2cccc([N+](=O)[O-])c2)cc1. The van der Waals surface area contributed by atoms with Gasteiger partial charge in [0.2, 0.25) is 0 Å². The first-order chi connectivity index (χ1) is 13.3. The number of aryl methyl sites for hydroxylation is 1. The summed E-state index contributed by atoms with van der Waals surface area (Å²) in [5, 5.41) is 11.0. The van der Waals surface area contributed by atoms with E-state index in [2.05, 4.69) is 0 Å². The van der Waals surface area contributed by atoms with Gasteiger partial charge < -0.3 is 0 Å². The highest BCUT2D eigenvalue weighted by atomic mass is 32.2. The van der Waals surface area contributed by atoms with Crippen LogP contribution in [0.15, 0.2) is 77.7 Å². The van der Waals surface area contributed by atoms with Crippen molar-refractivity contribution in [2.75, 3.05) is 4.31 Å². The second kappa shape index (κ2) is 7.77. The molecule has 0 heterocycles. The minimum atomic E-state index is -4.13. The molecule has 0 bridgehead atoms. The predicted octanol–water partition coefficient (Wildman–Crippen LogP) is 4.44. The Morgan fingerprint density at radius 3 is 2.32 bits per heavy atom. The van der Waals surface area contributed by atoms with Crippen LogP contribution in [-0.4, -0.2) is 13.3 Å². The van der Waals surface area contributed by atoms with Crippen molar-refractivity contribution in [2.45, 2.75) is 18.4 Å². The summed E-state index contributed by atoms with van der Waals surface area (Å²) in [6.07, 6.45) is 0. The number of non-ortho nitro benzene ring substituents is 1. The molecule has 3 rings (SSSR count). The molecule has 0 saturated carbocycles. The van der Waals surface area contributed by atoms with Crippen LogP contribution >= 0.6 is 0 Å². The van der Waals surface area contributed by atoms with Crippen LogP contribution in [-0.2, 0) is 16.6 Å². The van der Waals surface area contributed by atoms with E-state index in [-0.39, 0.29) is 17.1 Å². The molecule has 0 aliphatic rings. The standard InChI is InChI=1S/C20H17FN2O4S/c1-15-8-10-18(11-9-15)22(14-16-4-2-5-17(21)12-16)28(26,27)20-7-3-6-19(13-20)23(24)25/h2-13H,14H2,1H3. The molecule has 0 spiro atoms. The van der Waals surface area contributed by atoms with Gasteiger partial charge in [-0.25, -0.2) is 12.8 Å². The number of sulfonamides is 1. The van der Waals surface area contributed by atoms with Crippen LogP contribution in [0.2, 0.25) is 0 Å². The maximum absolute atomic E-state index is 13.6. The Labute approximate surface area is 162 Å². The van der Waals surface area contributed by atoms with Crippen molar-refractivity contribution >= 4 is 21.4 Å². The van der Waals surface area contributed by atoms with E-state index in [4.69, 9.17) is 0 Å². The summed E-state index contributed by atoms with van der Waals surface area (Å²) >= 11 is 0. The highest BCUT2D eigenvalue weighted by Gasteiger charge is 2.27. The summed E-state index contributed by atoms with van der Waals surface area (Å²) in [6.45, 7) is 1.75. The van der Waals surface area contributed by atoms with Crippen molar-refractivity contribution in [2.24, 2.45) is 0 Å². The first-order valence-corrected chi connectivity index (χ1v) is 9.80. The average molecular weight is 400 g/mol. The van der Waals surface area contributed by atoms with Crippen LogP contribution in [0.25, 0.3) is 0 Å². The second-order valence-electron chi connectivity index (χ2n) is 6.23. The minimum absolute atomic E-state index is 0.119. The zero-order chi connectivity index (χ0) is 20.3. The third-order valence-corrected chi connectivity index (χ3v) is 5.92. The normalized spacial score (nSPS) is 11.2. The summed E-state index contributed by atoms with van der Waals surface area (Å²) < 4.78 is 41.3. The van der Waals surface area contributed by atoms with Crippen LogP contribution in [0.1, 0.15) is 11.1 Å². The Morgan fingerprint density at radius 2 is 1.68 bits per heavy atom. The quantitative estimate of drug-likeness (QED) is 0.453. The van der Waals surface area contributed by atoms with Gasteiger partial charge >= 0.3 is 0 Å². The zero-order valence-electron chi connectivity index (χ0n) is 14.9. The number of halogens is 1. The number of hydrogen-bond donors (Lipinski definition) is 0. The van der Waals surface area contributed by atoms with Crippen LogP contribution in [0.3, 0.4) is 0 Å². The summed E-state index contributed by atoms with van der Waals surface area (Å²) in [5.41, 5.74) is 1.45. The Kier molecular flexibility index (Phi) is 5.41. The van der Waals surface area contributed by atoms with Gasteiger partial charge in [0.05, 0.1) is 22.1 Å². The van der Waals surface area contributed by atoms with E-state index in [1.807, 2.05) is 6.92 Å². The number of hydrogen-bond acceptors (Lipinski definition) is 4. The van der Waals surface area contributed by atoms with Crippen LogP contribution < -0.4 is 4.31 Å². The number of nitro benzene ring substituents is 1. The molecule has 0 aromatic heterocycles. The molecule has 144 valence electrons. The maximum atomic E-state index is 13.6. The van der Waals surface area contributed by atoms with E-state index in [0.717, 1.165) is 15.9 Å². The highest BCUT2D eigenvalue weighted by Crippen LogP contribution is 2.28. The number of anilines is 1. The second-order valence-corrected chi connectivity index (χ2v) is 8.09. The molecule has 0 fully saturated rings. The molecule has 0 unspecified atom stereocenters. The molecule has 28 heavy (non-hydrogen) atoms. The van der Waals surface area contributed by atoms with E-state index in [1.165, 1.54) is 36.4 Å². The van der Waals surface area contributed by atoms with Crippen molar-refractivity contribution in [3.05, 3.63) is 99.9 Å². The summed E-state index contributed by atoms with van der Waals surface area (Å²) in [5.74, 6) is -0.478. The third kappa shape index (κ3) is 4.17. The van der Waals surface area contributed by atoms with Gasteiger partial charge in [-0.1, -0.05) is 35.9 Å². The molecule has 0 aliphatic carbocycles. The molecule has 0 radical (unpaired) electrons. The predicted molar refractivity (Wildman–Crippen MR) is 104 cm³/mol. The van der Waals surface area contributed by atoms with Gasteiger partial charge in [0.25, 0.3) is 15.7 Å². The smallest absolute Gasteiger partial charge is 0.262 e. The largest absolute Gasteiger partial charge is 0.270 e. The van der Waals surface area contributed by atoms with Crippen molar-refractivity contribution in [1.82, 2.24) is 0 Å². The molecule has 3 aromatic carbocycles. The number of rotatable bonds is 6. The lowest BCUT2D eigenvalue weighted by Crippen LogP contribution is -2.30. The van der Waals surface area contributed by atoms with E-state index >= 15 is 0 Å². The highest BCUT2D eigenvalue weighted by molar-refractivity contribution is 7.92. The maximum Gasteiger partial charge on any atom is 0.270 e. The van der Waals surface area contributed by atoms with Crippen molar-refractivity contribution < 1.29 is 17.7 Å². The van der Waals surface area contributed by atoms with E-state index in [9.17, 15) is 22.9 Å². The van der Waals surface area contributed by atoms with Gasteiger partial charge in [-0.15, -0.1) is 0 Å². The average Bonchev–Trinajstić information content (AvgIpc) is 2.67. The Hall–Kier alpha value is -3.26. The topological polar surface area (TPSA) is 80.5 Å². The minimum Gasteiger partial charge on any atom is -0.262 e. The van der Waals surface area contributed by atoms with E-state index in [1.54, 1.807) is 30.3 Å². The van der Waals surface area contributed by atoms with E-state index < -0.39 is 20.8 Å². The summed E-state index contributed by atoms with van der Waals surface area (Å²) in [7, 11) is -4.13. The zero-order valence-corrected chi connectivity index (χ0v) is 15.8. The van der Waals surface area contributed by atoms with E-state index in [0.29, 0.717) is 11.3 Å². The Morgan fingerprint density at radius 1 is 1.00 bits per heavy atom. The van der Waals surface area contributed by atoms with Gasteiger partial charge in [0.15, 0.2) is 0 Å². The first-order valence-electron chi connectivity index (χ1n) is 8.36. The summed E-state index contributed by atoms with van der Waals surface area (Å²) in [6, 6.07) is 17.3. The molecule has 0 N–H and O–H groups in total. The fourth-order valence-electron chi connectivity index (χ4n) is 2.71. The van der Waals surface area contributed by atoms with Crippen LogP contribution in [0.4, 0.5) is 15.8 Å². The Bertz CT molecular complexity index is 1120. The molecule has 0 atom stereocenters. The first kappa shape index (κ1) is 19.5. The van der Waals surface area contributed by atoms with Crippen molar-refractivity contribution in [3.8, 4) is 0 Å². The van der Waals surface area contributed by atoms with Gasteiger partial charge in [-0.3, -0.25) is 14.4 Å². The lowest BCUT2D eigenvalue weighted by Gasteiger charge is -2.25. The fourth-order valence-corrected chi connectivity index (χ4v) is 4.20. The number of nitro groups is 1. The summed E-state index contributed by atoms with van der Waals surface area (Å²) in [4.78, 5) is 10.2. The number of benzene rings is 3. The van der Waals surface area contributed by atoms with Crippen LogP contribution in [0, 0.1) is 22.9 Å². The van der Waals surface area contributed by atoms with Crippen molar-refractivity contribution in [3.63, 3.8) is 0 Å². The van der Waals surface area contributed by atoms with Gasteiger partial charge in [-0.05, 0) is 42.8 Å². The van der Waals surface area contributed by atoms with Gasteiger partial charge in [0.1, 0.15) is 5.82 Å². The van der Waals surface area contributed by atoms with Crippen LogP contribution in [0.5, 0.6) is 0 Å². The lowest BCUT2D eigenvalue weighted by atomic mass is 10.2. The Balaban J connectivity index is 2.10. The molecule has 0 aliphatic heterocycles. The molecule has 6 nitrogen and oxygen atoms in total. The van der Waals surface area contributed by atoms with Gasteiger partial charge in [-0.2, -0.15) is 0 Å². The molecule has 8 heteroatoms. The molecule has 0 amide bonds. The number of nitrogens with zero attached hydrogens (tertiary/aromatic N) is 2. The fraction of sp³-hybridized carbons (Fsp3) is 0.100. The lowest BCUT2D eigenvalue weighted by molar-refractivity contribution is -0.385. The molecular formula is C20H17FN2O4S. The molecule has 3 aromatic rings. The molecule has 0 saturated heterocycles. The monoisotopic (exact) mass is 400 g/mol. The molecular weight excluding hydrogens is 383 g/mol. The van der Waals surface area contributed by atoms with Gasteiger partial charge in [0, 0.05) is 12.1 Å².